The number of aromatic nitrogens is 1. The van der Waals surface area contributed by atoms with E-state index in [1.165, 1.54) is 21.9 Å². The van der Waals surface area contributed by atoms with Crippen molar-refractivity contribution in [2.75, 3.05) is 0 Å². The van der Waals surface area contributed by atoms with E-state index in [1.54, 1.807) is 12.4 Å². The maximum Gasteiger partial charge on any atom is 0.141 e. The molecule has 0 aliphatic carbocycles. The molecule has 0 unspecified atom stereocenters. The van der Waals surface area contributed by atoms with Crippen LogP contribution in [0.2, 0.25) is 0 Å². The van der Waals surface area contributed by atoms with Crippen LogP contribution in [0.3, 0.4) is 0 Å². The molecular weight excluding hydrogens is 210 g/mol. The van der Waals surface area contributed by atoms with Gasteiger partial charge in [0.25, 0.3) is 0 Å². The summed E-state index contributed by atoms with van der Waals surface area (Å²) in [6.07, 6.45) is 5.41. The Hall–Kier alpha value is -2.09. The van der Waals surface area contributed by atoms with Crippen molar-refractivity contribution in [2.45, 2.75) is 13.8 Å². The van der Waals surface area contributed by atoms with Gasteiger partial charge in [-0.05, 0) is 37.1 Å². The molecule has 0 N–H and O–H groups in total. The highest BCUT2D eigenvalue weighted by molar-refractivity contribution is 5.96. The van der Waals surface area contributed by atoms with Crippen molar-refractivity contribution in [3.63, 3.8) is 0 Å². The third kappa shape index (κ3) is 1.53. The maximum absolute atomic E-state index is 5.71. The largest absolute Gasteiger partial charge is 0.463 e. The molecule has 2 heterocycles. The van der Waals surface area contributed by atoms with Gasteiger partial charge in [-0.3, -0.25) is 4.98 Å². The monoisotopic (exact) mass is 223 g/mol. The minimum atomic E-state index is 0.922. The summed E-state index contributed by atoms with van der Waals surface area (Å²) in [5, 5.41) is 2.36. The number of rotatable bonds is 1. The summed E-state index contributed by atoms with van der Waals surface area (Å²) in [6, 6.07) is 8.19. The zero-order valence-electron chi connectivity index (χ0n) is 9.90. The van der Waals surface area contributed by atoms with E-state index in [-0.39, 0.29) is 0 Å². The Morgan fingerprint density at radius 3 is 2.47 bits per heavy atom. The lowest BCUT2D eigenvalue weighted by atomic mass is 10.0. The lowest BCUT2D eigenvalue weighted by molar-refractivity contribution is 0.587. The van der Waals surface area contributed by atoms with Crippen molar-refractivity contribution in [1.82, 2.24) is 4.98 Å². The Morgan fingerprint density at radius 2 is 1.71 bits per heavy atom. The van der Waals surface area contributed by atoms with Crippen molar-refractivity contribution in [2.24, 2.45) is 0 Å². The normalized spacial score (nSPS) is 10.9. The number of aryl methyl sites for hydroxylation is 2. The van der Waals surface area contributed by atoms with Gasteiger partial charge in [0.1, 0.15) is 5.76 Å². The van der Waals surface area contributed by atoms with Gasteiger partial charge >= 0.3 is 0 Å². The van der Waals surface area contributed by atoms with Crippen LogP contribution in [0.4, 0.5) is 0 Å². The van der Waals surface area contributed by atoms with E-state index < -0.39 is 0 Å². The zero-order chi connectivity index (χ0) is 11.8. The SMILES string of the molecule is Cc1ccc2c(-c3ccncc3)occ2c1C. The predicted molar refractivity (Wildman–Crippen MR) is 68.9 cm³/mol. The van der Waals surface area contributed by atoms with E-state index in [0.29, 0.717) is 0 Å². The summed E-state index contributed by atoms with van der Waals surface area (Å²) in [7, 11) is 0. The Kier molecular flexibility index (Phi) is 2.22. The van der Waals surface area contributed by atoms with Gasteiger partial charge in [0.2, 0.25) is 0 Å². The summed E-state index contributed by atoms with van der Waals surface area (Å²) in [5.41, 5.74) is 3.64. The first-order valence-corrected chi connectivity index (χ1v) is 5.65. The van der Waals surface area contributed by atoms with E-state index in [2.05, 4.69) is 31.0 Å². The quantitative estimate of drug-likeness (QED) is 0.620. The molecule has 84 valence electrons. The fraction of sp³-hybridized carbons (Fsp3) is 0.133. The molecule has 0 fully saturated rings. The van der Waals surface area contributed by atoms with Crippen molar-refractivity contribution in [1.29, 1.82) is 0 Å². The van der Waals surface area contributed by atoms with Crippen LogP contribution in [0.25, 0.3) is 22.1 Å². The molecule has 0 spiro atoms. The molecule has 0 aliphatic rings. The van der Waals surface area contributed by atoms with E-state index in [0.717, 1.165) is 11.3 Å². The molecule has 0 bridgehead atoms. The van der Waals surface area contributed by atoms with Gasteiger partial charge < -0.3 is 4.42 Å². The average Bonchev–Trinajstić information content (AvgIpc) is 2.79. The lowest BCUT2D eigenvalue weighted by Crippen LogP contribution is -1.81. The third-order valence-electron chi connectivity index (χ3n) is 3.27. The highest BCUT2D eigenvalue weighted by Gasteiger charge is 2.10. The Labute approximate surface area is 99.9 Å². The summed E-state index contributed by atoms with van der Waals surface area (Å²) < 4.78 is 5.71. The van der Waals surface area contributed by atoms with E-state index in [9.17, 15) is 0 Å². The van der Waals surface area contributed by atoms with E-state index in [1.807, 2.05) is 18.4 Å². The molecule has 2 nitrogen and oxygen atoms in total. The van der Waals surface area contributed by atoms with Crippen LogP contribution in [0.5, 0.6) is 0 Å². The van der Waals surface area contributed by atoms with Gasteiger partial charge in [0.05, 0.1) is 6.26 Å². The molecular formula is C15H13NO. The van der Waals surface area contributed by atoms with E-state index >= 15 is 0 Å². The van der Waals surface area contributed by atoms with Gasteiger partial charge in [-0.25, -0.2) is 0 Å². The molecule has 3 rings (SSSR count). The molecule has 1 aromatic carbocycles. The molecule has 0 atom stereocenters. The molecule has 0 amide bonds. The van der Waals surface area contributed by atoms with Gasteiger partial charge in [0.15, 0.2) is 0 Å². The van der Waals surface area contributed by atoms with Crippen molar-refractivity contribution in [3.05, 3.63) is 54.0 Å². The number of fused-ring (bicyclic) bond motifs is 1. The van der Waals surface area contributed by atoms with Crippen molar-refractivity contribution in [3.8, 4) is 11.3 Å². The minimum absolute atomic E-state index is 0.922. The van der Waals surface area contributed by atoms with Gasteiger partial charge in [-0.1, -0.05) is 12.1 Å². The maximum atomic E-state index is 5.71. The highest BCUT2D eigenvalue weighted by Crippen LogP contribution is 2.32. The summed E-state index contributed by atoms with van der Waals surface area (Å²) in [5.74, 6) is 0.922. The van der Waals surface area contributed by atoms with Crippen LogP contribution in [-0.2, 0) is 0 Å². The molecule has 2 heteroatoms. The lowest BCUT2D eigenvalue weighted by Gasteiger charge is -2.01. The third-order valence-corrected chi connectivity index (χ3v) is 3.27. The number of furan rings is 1. The first-order valence-electron chi connectivity index (χ1n) is 5.65. The number of hydrogen-bond acceptors (Lipinski definition) is 2. The number of benzene rings is 1. The first kappa shape index (κ1) is 10.1. The van der Waals surface area contributed by atoms with E-state index in [4.69, 9.17) is 4.42 Å². The van der Waals surface area contributed by atoms with Gasteiger partial charge in [-0.15, -0.1) is 0 Å². The predicted octanol–water partition coefficient (Wildman–Crippen LogP) is 4.11. The standard InChI is InChI=1S/C15H13NO/c1-10-3-4-13-14(11(10)2)9-17-15(13)12-5-7-16-8-6-12/h3-9H,1-2H3. The smallest absolute Gasteiger partial charge is 0.141 e. The van der Waals surface area contributed by atoms with Gasteiger partial charge in [-0.2, -0.15) is 0 Å². The second kappa shape index (κ2) is 3.74. The fourth-order valence-electron chi connectivity index (χ4n) is 2.10. The summed E-state index contributed by atoms with van der Waals surface area (Å²) >= 11 is 0. The number of pyridine rings is 1. The minimum Gasteiger partial charge on any atom is -0.463 e. The number of nitrogens with zero attached hydrogens (tertiary/aromatic N) is 1. The van der Waals surface area contributed by atoms with Gasteiger partial charge in [0, 0.05) is 28.7 Å². The van der Waals surface area contributed by atoms with Crippen molar-refractivity contribution < 1.29 is 4.42 Å². The summed E-state index contributed by atoms with van der Waals surface area (Å²) in [4.78, 5) is 4.03. The second-order valence-electron chi connectivity index (χ2n) is 4.27. The Balaban J connectivity index is 2.30. The average molecular weight is 223 g/mol. The Morgan fingerprint density at radius 1 is 0.941 bits per heavy atom. The van der Waals surface area contributed by atoms with Crippen LogP contribution >= 0.6 is 0 Å². The zero-order valence-corrected chi connectivity index (χ0v) is 9.90. The molecule has 0 aliphatic heterocycles. The van der Waals surface area contributed by atoms with Crippen LogP contribution < -0.4 is 0 Å². The molecule has 0 radical (unpaired) electrons. The molecule has 0 saturated heterocycles. The van der Waals surface area contributed by atoms with Crippen LogP contribution in [0, 0.1) is 13.8 Å². The highest BCUT2D eigenvalue weighted by atomic mass is 16.3. The molecule has 2 aromatic heterocycles. The van der Waals surface area contributed by atoms with Crippen molar-refractivity contribution >= 4 is 10.8 Å². The number of hydrogen-bond donors (Lipinski definition) is 0. The molecule has 17 heavy (non-hydrogen) atoms. The first-order chi connectivity index (χ1) is 8.27. The van der Waals surface area contributed by atoms with Crippen LogP contribution in [-0.4, -0.2) is 4.98 Å². The molecule has 0 saturated carbocycles. The summed E-state index contributed by atoms with van der Waals surface area (Å²) in [6.45, 7) is 4.25. The topological polar surface area (TPSA) is 26.0 Å². The fourth-order valence-corrected chi connectivity index (χ4v) is 2.10. The Bertz CT molecular complexity index is 668. The second-order valence-corrected chi connectivity index (χ2v) is 4.27. The van der Waals surface area contributed by atoms with Crippen LogP contribution in [0.15, 0.2) is 47.3 Å². The van der Waals surface area contributed by atoms with Crippen LogP contribution in [0.1, 0.15) is 11.1 Å². The molecule has 3 aromatic rings.